The van der Waals surface area contributed by atoms with E-state index in [1.165, 1.54) is 19.2 Å². The molecule has 0 aliphatic rings. The van der Waals surface area contributed by atoms with E-state index >= 15 is 0 Å². The fraction of sp³-hybridized carbons (Fsp3) is 0.167. The van der Waals surface area contributed by atoms with Crippen LogP contribution in [-0.4, -0.2) is 23.1 Å². The number of nitrogens with one attached hydrogen (secondary N) is 1. The Balaban J connectivity index is 2.05. The molecule has 0 unspecified atom stereocenters. The zero-order valence-corrected chi connectivity index (χ0v) is 15.5. The summed E-state index contributed by atoms with van der Waals surface area (Å²) in [6.45, 7) is 1.65. The number of halogens is 4. The Labute approximate surface area is 162 Å². The lowest BCUT2D eigenvalue weighted by Crippen LogP contribution is -2.41. The number of benzene rings is 2. The standard InChI is InChI=1S/C18H14ClF3N4O2/c1-10-24-16(28-25-10)11-5-3-6-12(9-11)26(23-2)17(27)15-13(18(20,21)22)7-4-8-14(15)19/h3-9,23H,1-2H3. The van der Waals surface area contributed by atoms with Gasteiger partial charge < -0.3 is 4.52 Å². The SMILES string of the molecule is CNN(C(=O)c1c(Cl)cccc1C(F)(F)F)c1cccc(-c2nc(C)no2)c1. The molecule has 6 nitrogen and oxygen atoms in total. The molecular formula is C18H14ClF3N4O2. The number of nitrogens with zero attached hydrogens (tertiary/aromatic N) is 3. The van der Waals surface area contributed by atoms with E-state index in [9.17, 15) is 18.0 Å². The zero-order valence-electron chi connectivity index (χ0n) is 14.7. The number of carbonyl (C=O) groups excluding carboxylic acids is 1. The number of rotatable bonds is 4. The summed E-state index contributed by atoms with van der Waals surface area (Å²) >= 11 is 5.94. The first kappa shape index (κ1) is 19.8. The van der Waals surface area contributed by atoms with Crippen LogP contribution in [0.5, 0.6) is 0 Å². The van der Waals surface area contributed by atoms with Crippen molar-refractivity contribution in [1.29, 1.82) is 0 Å². The number of aryl methyl sites for hydroxylation is 1. The molecular weight excluding hydrogens is 397 g/mol. The highest BCUT2D eigenvalue weighted by atomic mass is 35.5. The molecule has 0 radical (unpaired) electrons. The molecule has 1 amide bonds. The maximum atomic E-state index is 13.4. The van der Waals surface area contributed by atoms with Crippen molar-refractivity contribution in [3.05, 3.63) is 64.4 Å². The summed E-state index contributed by atoms with van der Waals surface area (Å²) in [5.74, 6) is -0.316. The average Bonchev–Trinajstić information content (AvgIpc) is 3.08. The quantitative estimate of drug-likeness (QED) is 0.641. The maximum Gasteiger partial charge on any atom is 0.417 e. The van der Waals surface area contributed by atoms with Gasteiger partial charge in [0, 0.05) is 12.6 Å². The minimum atomic E-state index is -4.74. The second-order valence-electron chi connectivity index (χ2n) is 5.72. The molecule has 146 valence electrons. The zero-order chi connectivity index (χ0) is 20.5. The molecule has 0 atom stereocenters. The first-order chi connectivity index (χ1) is 13.2. The molecule has 0 saturated heterocycles. The van der Waals surface area contributed by atoms with Gasteiger partial charge in [0.15, 0.2) is 5.82 Å². The molecule has 10 heteroatoms. The highest BCUT2D eigenvalue weighted by molar-refractivity contribution is 6.34. The van der Waals surface area contributed by atoms with Crippen LogP contribution < -0.4 is 10.4 Å². The van der Waals surface area contributed by atoms with Crippen LogP contribution in [0.1, 0.15) is 21.7 Å². The molecule has 0 saturated carbocycles. The van der Waals surface area contributed by atoms with E-state index in [-0.39, 0.29) is 16.6 Å². The Kier molecular flexibility index (Phi) is 5.39. The maximum absolute atomic E-state index is 13.4. The number of carbonyl (C=O) groups is 1. The van der Waals surface area contributed by atoms with Crippen LogP contribution in [0.15, 0.2) is 47.0 Å². The van der Waals surface area contributed by atoms with Gasteiger partial charge in [-0.2, -0.15) is 18.2 Å². The van der Waals surface area contributed by atoms with E-state index in [0.29, 0.717) is 11.4 Å². The summed E-state index contributed by atoms with van der Waals surface area (Å²) in [7, 11) is 1.41. The number of aromatic nitrogens is 2. The van der Waals surface area contributed by atoms with E-state index in [4.69, 9.17) is 16.1 Å². The summed E-state index contributed by atoms with van der Waals surface area (Å²) < 4.78 is 45.2. The molecule has 3 rings (SSSR count). The fourth-order valence-corrected chi connectivity index (χ4v) is 2.89. The van der Waals surface area contributed by atoms with E-state index in [1.807, 2.05) is 0 Å². The summed E-state index contributed by atoms with van der Waals surface area (Å²) in [5.41, 5.74) is 1.61. The minimum Gasteiger partial charge on any atom is -0.334 e. The minimum absolute atomic E-state index is 0.219. The van der Waals surface area contributed by atoms with Gasteiger partial charge in [-0.05, 0) is 37.3 Å². The van der Waals surface area contributed by atoms with Crippen LogP contribution in [0.3, 0.4) is 0 Å². The molecule has 0 aliphatic carbocycles. The van der Waals surface area contributed by atoms with Crippen molar-refractivity contribution in [1.82, 2.24) is 15.6 Å². The van der Waals surface area contributed by atoms with Gasteiger partial charge in [0.05, 0.1) is 21.8 Å². The largest absolute Gasteiger partial charge is 0.417 e. The summed E-state index contributed by atoms with van der Waals surface area (Å²) in [6.07, 6.45) is -4.74. The topological polar surface area (TPSA) is 71.3 Å². The predicted octanol–water partition coefficient (Wildman–Crippen LogP) is 4.50. The van der Waals surface area contributed by atoms with Gasteiger partial charge >= 0.3 is 6.18 Å². The second kappa shape index (κ2) is 7.61. The second-order valence-corrected chi connectivity index (χ2v) is 6.13. The van der Waals surface area contributed by atoms with Crippen molar-refractivity contribution in [2.75, 3.05) is 12.1 Å². The molecule has 2 aromatic carbocycles. The van der Waals surface area contributed by atoms with Gasteiger partial charge in [-0.15, -0.1) is 0 Å². The Bertz CT molecular complexity index is 1020. The first-order valence-electron chi connectivity index (χ1n) is 8.00. The third-order valence-electron chi connectivity index (χ3n) is 3.84. The lowest BCUT2D eigenvalue weighted by Gasteiger charge is -2.24. The molecule has 3 aromatic rings. The van der Waals surface area contributed by atoms with Gasteiger partial charge in [0.25, 0.3) is 11.8 Å². The van der Waals surface area contributed by atoms with Crippen LogP contribution in [-0.2, 0) is 6.18 Å². The number of amides is 1. The molecule has 1 heterocycles. The van der Waals surface area contributed by atoms with Crippen LogP contribution in [0.25, 0.3) is 11.5 Å². The van der Waals surface area contributed by atoms with E-state index in [1.54, 1.807) is 25.1 Å². The van der Waals surface area contributed by atoms with Crippen LogP contribution in [0, 0.1) is 6.92 Å². The average molecular weight is 411 g/mol. The Morgan fingerprint density at radius 3 is 2.54 bits per heavy atom. The van der Waals surface area contributed by atoms with Crippen molar-refractivity contribution < 1.29 is 22.5 Å². The van der Waals surface area contributed by atoms with Crippen LogP contribution in [0.4, 0.5) is 18.9 Å². The lowest BCUT2D eigenvalue weighted by molar-refractivity contribution is -0.137. The lowest BCUT2D eigenvalue weighted by atomic mass is 10.1. The van der Waals surface area contributed by atoms with Crippen molar-refractivity contribution >= 4 is 23.2 Å². The first-order valence-corrected chi connectivity index (χ1v) is 8.38. The fourth-order valence-electron chi connectivity index (χ4n) is 2.63. The van der Waals surface area contributed by atoms with Gasteiger partial charge in [-0.3, -0.25) is 4.79 Å². The van der Waals surface area contributed by atoms with Crippen LogP contribution in [0.2, 0.25) is 5.02 Å². The van der Waals surface area contributed by atoms with Crippen molar-refractivity contribution in [3.63, 3.8) is 0 Å². The number of hydrogen-bond acceptors (Lipinski definition) is 5. The summed E-state index contributed by atoms with van der Waals surface area (Å²) in [6, 6.07) is 9.55. The molecule has 0 fully saturated rings. The van der Waals surface area contributed by atoms with Gasteiger partial charge in [0.2, 0.25) is 0 Å². The molecule has 28 heavy (non-hydrogen) atoms. The van der Waals surface area contributed by atoms with E-state index in [2.05, 4.69) is 15.6 Å². The number of alkyl halides is 3. The van der Waals surface area contributed by atoms with Gasteiger partial charge in [-0.1, -0.05) is 28.9 Å². The Morgan fingerprint density at radius 1 is 1.21 bits per heavy atom. The molecule has 0 bridgehead atoms. The number of hydrogen-bond donors (Lipinski definition) is 1. The van der Waals surface area contributed by atoms with Gasteiger partial charge in [0.1, 0.15) is 0 Å². The number of anilines is 1. The molecule has 1 aromatic heterocycles. The highest BCUT2D eigenvalue weighted by Crippen LogP contribution is 2.36. The van der Waals surface area contributed by atoms with Crippen LogP contribution >= 0.6 is 11.6 Å². The van der Waals surface area contributed by atoms with Crippen molar-refractivity contribution in [3.8, 4) is 11.5 Å². The molecule has 0 spiro atoms. The van der Waals surface area contributed by atoms with E-state index in [0.717, 1.165) is 17.1 Å². The van der Waals surface area contributed by atoms with Crippen molar-refractivity contribution in [2.45, 2.75) is 13.1 Å². The van der Waals surface area contributed by atoms with Gasteiger partial charge in [-0.25, -0.2) is 10.4 Å². The smallest absolute Gasteiger partial charge is 0.334 e. The third-order valence-corrected chi connectivity index (χ3v) is 4.15. The normalized spacial score (nSPS) is 11.5. The summed E-state index contributed by atoms with van der Waals surface area (Å²) in [4.78, 5) is 17.0. The Morgan fingerprint density at radius 2 is 1.93 bits per heavy atom. The summed E-state index contributed by atoms with van der Waals surface area (Å²) in [5, 5.41) is 4.36. The monoisotopic (exact) mass is 410 g/mol. The van der Waals surface area contributed by atoms with E-state index < -0.39 is 23.2 Å². The predicted molar refractivity (Wildman–Crippen MR) is 96.8 cm³/mol. The Hall–Kier alpha value is -2.91. The van der Waals surface area contributed by atoms with Crippen molar-refractivity contribution in [2.24, 2.45) is 0 Å². The number of hydrazine groups is 1. The third kappa shape index (κ3) is 3.85. The molecule has 1 N–H and O–H groups in total. The highest BCUT2D eigenvalue weighted by Gasteiger charge is 2.37. The molecule has 0 aliphatic heterocycles.